The van der Waals surface area contributed by atoms with Crippen LogP contribution in [0.15, 0.2) is 24.6 Å². The molecule has 4 heteroatoms. The molecule has 0 atom stereocenters. The molecule has 0 saturated heterocycles. The Kier molecular flexibility index (Phi) is 1.41. The van der Waals surface area contributed by atoms with Crippen LogP contribution in [0, 0.1) is 5.82 Å². The number of hydrogen-bond donors (Lipinski definition) is 0. The van der Waals surface area contributed by atoms with E-state index in [9.17, 15) is 4.39 Å². The average Bonchev–Trinajstić information content (AvgIpc) is 2.07. The lowest BCUT2D eigenvalue weighted by atomic mass is 10.2. The topological polar surface area (TPSA) is 25.8 Å². The van der Waals surface area contributed by atoms with Crippen LogP contribution < -0.4 is 0 Å². The van der Waals surface area contributed by atoms with Crippen molar-refractivity contribution in [2.75, 3.05) is 0 Å². The number of aromatic nitrogens is 2. The molecule has 60 valence electrons. The molecule has 2 nitrogen and oxygen atoms in total. The van der Waals surface area contributed by atoms with Crippen molar-refractivity contribution in [3.05, 3.63) is 35.5 Å². The molecular weight excluding hydrogens is 179 g/mol. The number of rotatable bonds is 0. The molecule has 0 N–H and O–H groups in total. The van der Waals surface area contributed by atoms with Crippen molar-refractivity contribution in [2.24, 2.45) is 0 Å². The summed E-state index contributed by atoms with van der Waals surface area (Å²) >= 11 is 5.62. The van der Waals surface area contributed by atoms with Crippen LogP contribution in [0.25, 0.3) is 10.9 Å². The van der Waals surface area contributed by atoms with Crippen molar-refractivity contribution in [3.8, 4) is 0 Å². The molecule has 1 aromatic carbocycles. The molecular formula is C8H4ClFN2. The van der Waals surface area contributed by atoms with Gasteiger partial charge in [-0.05, 0) is 12.1 Å². The first-order valence-corrected chi connectivity index (χ1v) is 3.62. The van der Waals surface area contributed by atoms with Gasteiger partial charge in [0.15, 0.2) is 5.82 Å². The highest BCUT2D eigenvalue weighted by Crippen LogP contribution is 2.19. The molecule has 0 aliphatic rings. The molecule has 0 aliphatic carbocycles. The maximum atomic E-state index is 13.2. The van der Waals surface area contributed by atoms with Crippen LogP contribution in [0.1, 0.15) is 1.37 Å². The van der Waals surface area contributed by atoms with Gasteiger partial charge < -0.3 is 0 Å². The van der Waals surface area contributed by atoms with E-state index >= 15 is 0 Å². The lowest BCUT2D eigenvalue weighted by molar-refractivity contribution is 0.636. The van der Waals surface area contributed by atoms with Crippen LogP contribution in [-0.4, -0.2) is 9.97 Å². The minimum atomic E-state index is -0.529. The standard InChI is InChI=1S/C8H4ClFN2/c9-6-1-5-3-11-4-12-8(5)7(10)2-6/h1-4H/i3D. The summed E-state index contributed by atoms with van der Waals surface area (Å²) in [4.78, 5) is 7.34. The third kappa shape index (κ3) is 1.12. The Morgan fingerprint density at radius 1 is 1.50 bits per heavy atom. The first-order valence-electron chi connectivity index (χ1n) is 3.75. The number of hydrogen-bond acceptors (Lipinski definition) is 2. The molecule has 12 heavy (non-hydrogen) atoms. The van der Waals surface area contributed by atoms with Gasteiger partial charge in [0.1, 0.15) is 11.8 Å². The fourth-order valence-corrected chi connectivity index (χ4v) is 1.17. The molecule has 0 unspecified atom stereocenters. The molecule has 1 aromatic heterocycles. The second-order valence-electron chi connectivity index (χ2n) is 2.27. The van der Waals surface area contributed by atoms with Crippen LogP contribution >= 0.6 is 11.6 Å². The Balaban J connectivity index is 2.94. The summed E-state index contributed by atoms with van der Waals surface area (Å²) in [6.07, 6.45) is 1.13. The van der Waals surface area contributed by atoms with Crippen molar-refractivity contribution in [3.63, 3.8) is 0 Å². The minimum Gasteiger partial charge on any atom is -0.244 e. The number of halogens is 2. The van der Waals surface area contributed by atoms with E-state index in [4.69, 9.17) is 13.0 Å². The van der Waals surface area contributed by atoms with E-state index in [0.29, 0.717) is 5.39 Å². The highest BCUT2D eigenvalue weighted by Gasteiger charge is 2.02. The van der Waals surface area contributed by atoms with Gasteiger partial charge in [-0.2, -0.15) is 0 Å². The summed E-state index contributed by atoms with van der Waals surface area (Å²) in [5.41, 5.74) is 0.129. The lowest BCUT2D eigenvalue weighted by Gasteiger charge is -1.97. The van der Waals surface area contributed by atoms with Crippen LogP contribution in [0.4, 0.5) is 4.39 Å². The second kappa shape index (κ2) is 2.68. The molecule has 0 fully saturated rings. The van der Waals surface area contributed by atoms with E-state index in [1.807, 2.05) is 0 Å². The normalized spacial score (nSPS) is 11.7. The smallest absolute Gasteiger partial charge is 0.151 e. The Morgan fingerprint density at radius 2 is 2.33 bits per heavy atom. The third-order valence-electron chi connectivity index (χ3n) is 1.46. The van der Waals surface area contributed by atoms with E-state index in [-0.39, 0.29) is 16.7 Å². The van der Waals surface area contributed by atoms with Crippen molar-refractivity contribution < 1.29 is 5.76 Å². The van der Waals surface area contributed by atoms with Gasteiger partial charge in [0.2, 0.25) is 0 Å². The molecule has 0 spiro atoms. The Morgan fingerprint density at radius 3 is 3.17 bits per heavy atom. The lowest BCUT2D eigenvalue weighted by Crippen LogP contribution is -1.85. The molecule has 1 heterocycles. The Labute approximate surface area is 74.4 Å². The highest BCUT2D eigenvalue weighted by molar-refractivity contribution is 6.31. The zero-order valence-electron chi connectivity index (χ0n) is 6.88. The van der Waals surface area contributed by atoms with E-state index in [1.54, 1.807) is 0 Å². The monoisotopic (exact) mass is 183 g/mol. The van der Waals surface area contributed by atoms with E-state index < -0.39 is 5.82 Å². The fourth-order valence-electron chi connectivity index (χ4n) is 0.967. The SMILES string of the molecule is [2H]c1ncnc2c(F)cc(Cl)cc12. The Hall–Kier alpha value is -1.22. The summed E-state index contributed by atoms with van der Waals surface area (Å²) in [6, 6.07) is 2.64. The number of fused-ring (bicyclic) bond motifs is 1. The van der Waals surface area contributed by atoms with Gasteiger partial charge in [0, 0.05) is 16.6 Å². The quantitative estimate of drug-likeness (QED) is 0.627. The van der Waals surface area contributed by atoms with Gasteiger partial charge in [0.05, 0.1) is 1.37 Å². The summed E-state index contributed by atoms with van der Waals surface area (Å²) in [5.74, 6) is -0.529. The molecule has 0 saturated carbocycles. The maximum absolute atomic E-state index is 13.2. The van der Waals surface area contributed by atoms with Gasteiger partial charge in [-0.25, -0.2) is 14.4 Å². The van der Waals surface area contributed by atoms with E-state index in [2.05, 4.69) is 9.97 Å². The molecule has 2 rings (SSSR count). The average molecular weight is 184 g/mol. The number of benzene rings is 1. The van der Waals surface area contributed by atoms with Gasteiger partial charge >= 0.3 is 0 Å². The second-order valence-corrected chi connectivity index (χ2v) is 2.71. The predicted octanol–water partition coefficient (Wildman–Crippen LogP) is 2.42. The van der Waals surface area contributed by atoms with E-state index in [0.717, 1.165) is 12.4 Å². The van der Waals surface area contributed by atoms with Crippen molar-refractivity contribution in [1.29, 1.82) is 0 Å². The summed E-state index contributed by atoms with van der Waals surface area (Å²) in [5, 5.41) is 0.570. The van der Waals surface area contributed by atoms with Gasteiger partial charge in [-0.3, -0.25) is 0 Å². The largest absolute Gasteiger partial charge is 0.244 e. The van der Waals surface area contributed by atoms with Gasteiger partial charge in [-0.15, -0.1) is 0 Å². The van der Waals surface area contributed by atoms with Crippen molar-refractivity contribution in [2.45, 2.75) is 0 Å². The zero-order valence-corrected chi connectivity index (χ0v) is 6.64. The van der Waals surface area contributed by atoms with Crippen LogP contribution in [0.5, 0.6) is 0 Å². The molecule has 0 amide bonds. The molecule has 0 aliphatic heterocycles. The molecule has 0 bridgehead atoms. The van der Waals surface area contributed by atoms with E-state index in [1.165, 1.54) is 6.07 Å². The van der Waals surface area contributed by atoms with Gasteiger partial charge in [0.25, 0.3) is 0 Å². The van der Waals surface area contributed by atoms with Crippen LogP contribution in [-0.2, 0) is 0 Å². The third-order valence-corrected chi connectivity index (χ3v) is 1.68. The van der Waals surface area contributed by atoms with Gasteiger partial charge in [-0.1, -0.05) is 11.6 Å². The maximum Gasteiger partial charge on any atom is 0.151 e. The summed E-state index contributed by atoms with van der Waals surface area (Å²) in [7, 11) is 0. The highest BCUT2D eigenvalue weighted by atomic mass is 35.5. The predicted molar refractivity (Wildman–Crippen MR) is 44.5 cm³/mol. The molecule has 2 aromatic rings. The zero-order chi connectivity index (χ0) is 9.42. The summed E-state index contributed by atoms with van der Waals surface area (Å²) < 4.78 is 20.5. The molecule has 0 radical (unpaired) electrons. The number of nitrogens with zero attached hydrogens (tertiary/aromatic N) is 2. The summed E-state index contributed by atoms with van der Waals surface area (Å²) in [6.45, 7) is 0. The van der Waals surface area contributed by atoms with Crippen LogP contribution in [0.3, 0.4) is 0 Å². The van der Waals surface area contributed by atoms with Crippen molar-refractivity contribution in [1.82, 2.24) is 9.97 Å². The Bertz CT molecular complexity index is 475. The van der Waals surface area contributed by atoms with Crippen LogP contribution in [0.2, 0.25) is 5.02 Å². The fraction of sp³-hybridized carbons (Fsp3) is 0. The first kappa shape index (κ1) is 6.31. The minimum absolute atomic E-state index is 0.0219. The first-order chi connectivity index (χ1) is 6.18. The van der Waals surface area contributed by atoms with Crippen molar-refractivity contribution >= 4 is 22.5 Å².